The van der Waals surface area contributed by atoms with Gasteiger partial charge in [-0.25, -0.2) is 4.68 Å². The highest BCUT2D eigenvalue weighted by molar-refractivity contribution is 5.10. The van der Waals surface area contributed by atoms with Gasteiger partial charge in [-0.15, -0.1) is 5.10 Å². The standard InChI is InChI=1S/C15H19N5O/c1-11-3-2-4-12(17-11)8-19-6-5-15-14(9-19)20-13(10-21-15)7-16-18-20/h2-4,7,14-15H,5-6,8-10H2,1H3/t14-,15+/m0/s1. The van der Waals surface area contributed by atoms with Crippen molar-refractivity contribution in [2.45, 2.75) is 38.6 Å². The molecule has 1 fully saturated rings. The van der Waals surface area contributed by atoms with Crippen LogP contribution in [0, 0.1) is 6.92 Å². The minimum absolute atomic E-state index is 0.265. The van der Waals surface area contributed by atoms with Gasteiger partial charge < -0.3 is 4.74 Å². The maximum absolute atomic E-state index is 5.94. The van der Waals surface area contributed by atoms with Gasteiger partial charge in [0.1, 0.15) is 0 Å². The number of fused-ring (bicyclic) bond motifs is 3. The highest BCUT2D eigenvalue weighted by Crippen LogP contribution is 2.30. The summed E-state index contributed by atoms with van der Waals surface area (Å²) in [4.78, 5) is 7.03. The molecule has 0 aromatic carbocycles. The number of hydrogen-bond acceptors (Lipinski definition) is 5. The Hall–Kier alpha value is -1.79. The summed E-state index contributed by atoms with van der Waals surface area (Å²) in [6.45, 7) is 5.53. The number of aromatic nitrogens is 4. The lowest BCUT2D eigenvalue weighted by molar-refractivity contribution is -0.0671. The van der Waals surface area contributed by atoms with E-state index < -0.39 is 0 Å². The van der Waals surface area contributed by atoms with Gasteiger partial charge in [-0.3, -0.25) is 9.88 Å². The Kier molecular flexibility index (Phi) is 3.20. The van der Waals surface area contributed by atoms with E-state index in [0.717, 1.165) is 43.1 Å². The van der Waals surface area contributed by atoms with Gasteiger partial charge in [0.15, 0.2) is 0 Å². The fourth-order valence-electron chi connectivity index (χ4n) is 3.30. The Morgan fingerprint density at radius 3 is 3.24 bits per heavy atom. The van der Waals surface area contributed by atoms with Crippen molar-refractivity contribution in [2.75, 3.05) is 13.1 Å². The largest absolute Gasteiger partial charge is 0.370 e. The maximum Gasteiger partial charge on any atom is 0.0930 e. The Morgan fingerprint density at radius 1 is 1.38 bits per heavy atom. The highest BCUT2D eigenvalue weighted by atomic mass is 16.5. The van der Waals surface area contributed by atoms with Gasteiger partial charge in [0, 0.05) is 25.3 Å². The van der Waals surface area contributed by atoms with E-state index in [1.54, 1.807) is 6.20 Å². The van der Waals surface area contributed by atoms with Gasteiger partial charge in [-0.05, 0) is 25.5 Å². The molecule has 0 N–H and O–H groups in total. The molecule has 1 saturated heterocycles. The van der Waals surface area contributed by atoms with Gasteiger partial charge in [-0.1, -0.05) is 11.3 Å². The molecule has 2 atom stereocenters. The van der Waals surface area contributed by atoms with Crippen LogP contribution in [0.4, 0.5) is 0 Å². The van der Waals surface area contributed by atoms with Gasteiger partial charge in [0.25, 0.3) is 0 Å². The van der Waals surface area contributed by atoms with Crippen LogP contribution in [0.3, 0.4) is 0 Å². The van der Waals surface area contributed by atoms with Crippen molar-refractivity contribution in [2.24, 2.45) is 0 Å². The summed E-state index contributed by atoms with van der Waals surface area (Å²) in [5.41, 5.74) is 3.28. The molecule has 4 rings (SSSR count). The van der Waals surface area contributed by atoms with E-state index in [-0.39, 0.29) is 12.1 Å². The molecule has 2 aliphatic rings. The molecule has 6 nitrogen and oxygen atoms in total. The van der Waals surface area contributed by atoms with Gasteiger partial charge in [0.05, 0.1) is 36.3 Å². The molecule has 6 heteroatoms. The van der Waals surface area contributed by atoms with Crippen molar-refractivity contribution in [3.05, 3.63) is 41.5 Å². The topological polar surface area (TPSA) is 56.1 Å². The van der Waals surface area contributed by atoms with Crippen molar-refractivity contribution in [3.63, 3.8) is 0 Å². The van der Waals surface area contributed by atoms with Crippen molar-refractivity contribution in [3.8, 4) is 0 Å². The van der Waals surface area contributed by atoms with Crippen LogP contribution in [-0.2, 0) is 17.9 Å². The van der Waals surface area contributed by atoms with Crippen molar-refractivity contribution in [1.29, 1.82) is 0 Å². The maximum atomic E-state index is 5.94. The Bertz CT molecular complexity index is 640. The highest BCUT2D eigenvalue weighted by Gasteiger charge is 2.36. The lowest BCUT2D eigenvalue weighted by atomic mass is 10.0. The molecular formula is C15H19N5O. The van der Waals surface area contributed by atoms with E-state index in [0.29, 0.717) is 6.61 Å². The molecule has 0 amide bonds. The van der Waals surface area contributed by atoms with Crippen LogP contribution >= 0.6 is 0 Å². The van der Waals surface area contributed by atoms with Gasteiger partial charge in [-0.2, -0.15) is 0 Å². The lowest BCUT2D eigenvalue weighted by Crippen LogP contribution is -2.47. The van der Waals surface area contributed by atoms with E-state index in [4.69, 9.17) is 4.74 Å². The molecule has 0 spiro atoms. The molecule has 0 unspecified atom stereocenters. The molecule has 2 aliphatic heterocycles. The predicted molar refractivity (Wildman–Crippen MR) is 76.5 cm³/mol. The number of rotatable bonds is 2. The molecule has 0 aliphatic carbocycles. The fourth-order valence-corrected chi connectivity index (χ4v) is 3.30. The molecule has 0 radical (unpaired) electrons. The third kappa shape index (κ3) is 2.45. The van der Waals surface area contributed by atoms with Gasteiger partial charge >= 0.3 is 0 Å². The minimum atomic E-state index is 0.265. The number of piperidine rings is 1. The van der Waals surface area contributed by atoms with Crippen LogP contribution in [0.2, 0.25) is 0 Å². The molecule has 0 bridgehead atoms. The first-order chi connectivity index (χ1) is 10.3. The van der Waals surface area contributed by atoms with Crippen LogP contribution in [0.5, 0.6) is 0 Å². The van der Waals surface area contributed by atoms with E-state index in [9.17, 15) is 0 Å². The second kappa shape index (κ2) is 5.20. The molecule has 2 aromatic rings. The Balaban J connectivity index is 1.51. The number of aryl methyl sites for hydroxylation is 1. The molecule has 2 aromatic heterocycles. The minimum Gasteiger partial charge on any atom is -0.370 e. The van der Waals surface area contributed by atoms with Crippen LogP contribution in [0.1, 0.15) is 29.5 Å². The summed E-state index contributed by atoms with van der Waals surface area (Å²) < 4.78 is 7.99. The Labute approximate surface area is 123 Å². The smallest absolute Gasteiger partial charge is 0.0930 e. The molecule has 4 heterocycles. The Morgan fingerprint density at radius 2 is 2.33 bits per heavy atom. The number of hydrogen-bond donors (Lipinski definition) is 0. The monoisotopic (exact) mass is 285 g/mol. The first-order valence-electron chi connectivity index (χ1n) is 7.45. The van der Waals surface area contributed by atoms with Crippen LogP contribution in [-0.4, -0.2) is 44.1 Å². The van der Waals surface area contributed by atoms with Crippen LogP contribution < -0.4 is 0 Å². The number of nitrogens with zero attached hydrogens (tertiary/aromatic N) is 5. The van der Waals surface area contributed by atoms with Crippen molar-refractivity contribution >= 4 is 0 Å². The quantitative estimate of drug-likeness (QED) is 0.833. The summed E-state index contributed by atoms with van der Waals surface area (Å²) in [7, 11) is 0. The third-order valence-electron chi connectivity index (χ3n) is 4.34. The summed E-state index contributed by atoms with van der Waals surface area (Å²) in [5, 5.41) is 8.26. The normalized spacial score (nSPS) is 25.4. The van der Waals surface area contributed by atoms with E-state index in [1.165, 1.54) is 0 Å². The second-order valence-corrected chi connectivity index (χ2v) is 5.88. The lowest BCUT2D eigenvalue weighted by Gasteiger charge is -2.40. The average Bonchev–Trinajstić information content (AvgIpc) is 2.96. The first kappa shape index (κ1) is 12.9. The summed E-state index contributed by atoms with van der Waals surface area (Å²) in [6, 6.07) is 6.47. The zero-order valence-electron chi connectivity index (χ0n) is 12.1. The number of likely N-dealkylation sites (tertiary alicyclic amines) is 1. The van der Waals surface area contributed by atoms with Crippen molar-refractivity contribution < 1.29 is 4.74 Å². The predicted octanol–water partition coefficient (Wildman–Crippen LogP) is 1.33. The van der Waals surface area contributed by atoms with Crippen LogP contribution in [0.25, 0.3) is 0 Å². The molecule has 21 heavy (non-hydrogen) atoms. The van der Waals surface area contributed by atoms with Crippen LogP contribution in [0.15, 0.2) is 24.4 Å². The molecule has 0 saturated carbocycles. The average molecular weight is 285 g/mol. The zero-order chi connectivity index (χ0) is 14.2. The second-order valence-electron chi connectivity index (χ2n) is 5.88. The van der Waals surface area contributed by atoms with E-state index in [2.05, 4.69) is 32.3 Å². The summed E-state index contributed by atoms with van der Waals surface area (Å²) >= 11 is 0. The number of pyridine rings is 1. The SMILES string of the molecule is Cc1cccc(CN2CC[C@H]3OCc4cnnn4[C@H]3C2)n1. The summed E-state index contributed by atoms with van der Waals surface area (Å²) in [6.07, 6.45) is 3.11. The molecule has 110 valence electrons. The third-order valence-corrected chi connectivity index (χ3v) is 4.34. The van der Waals surface area contributed by atoms with Crippen molar-refractivity contribution in [1.82, 2.24) is 24.9 Å². The first-order valence-corrected chi connectivity index (χ1v) is 7.45. The van der Waals surface area contributed by atoms with E-state index >= 15 is 0 Å². The molecular weight excluding hydrogens is 266 g/mol. The van der Waals surface area contributed by atoms with E-state index in [1.807, 2.05) is 17.7 Å². The fraction of sp³-hybridized carbons (Fsp3) is 0.533. The van der Waals surface area contributed by atoms with Gasteiger partial charge in [0.2, 0.25) is 0 Å². The number of ether oxygens (including phenoxy) is 1. The summed E-state index contributed by atoms with van der Waals surface area (Å²) in [5.74, 6) is 0. The zero-order valence-corrected chi connectivity index (χ0v) is 12.1.